The number of carbonyl (C=O) groups excluding carboxylic acids is 2. The first kappa shape index (κ1) is 17.9. The predicted octanol–water partition coefficient (Wildman–Crippen LogP) is 1.23. The van der Waals surface area contributed by atoms with Crippen molar-refractivity contribution in [1.82, 2.24) is 25.0 Å². The second kappa shape index (κ2) is 7.99. The highest BCUT2D eigenvalue weighted by molar-refractivity contribution is 5.93. The molecular formula is C18H23N5O3. The van der Waals surface area contributed by atoms with Crippen LogP contribution in [0.15, 0.2) is 30.7 Å². The van der Waals surface area contributed by atoms with Crippen molar-refractivity contribution in [2.24, 2.45) is 0 Å². The highest BCUT2D eigenvalue weighted by Crippen LogP contribution is 2.20. The third-order valence-electron chi connectivity index (χ3n) is 4.25. The molecule has 138 valence electrons. The van der Waals surface area contributed by atoms with Gasteiger partial charge in [0.1, 0.15) is 11.9 Å². The molecule has 26 heavy (non-hydrogen) atoms. The van der Waals surface area contributed by atoms with Crippen LogP contribution < -0.4 is 10.1 Å². The number of nitrogens with zero attached hydrogens (tertiary/aromatic N) is 4. The largest absolute Gasteiger partial charge is 0.488 e. The van der Waals surface area contributed by atoms with Gasteiger partial charge in [0.05, 0.1) is 30.5 Å². The third kappa shape index (κ3) is 4.38. The minimum atomic E-state index is -0.102. The van der Waals surface area contributed by atoms with Crippen LogP contribution in [-0.4, -0.2) is 50.7 Å². The molecule has 0 radical (unpaired) electrons. The Morgan fingerprint density at radius 1 is 1.42 bits per heavy atom. The molecule has 2 aromatic rings. The lowest BCUT2D eigenvalue weighted by Crippen LogP contribution is -2.30. The van der Waals surface area contributed by atoms with Gasteiger partial charge in [0.25, 0.3) is 5.91 Å². The second-order valence-electron chi connectivity index (χ2n) is 6.26. The van der Waals surface area contributed by atoms with Crippen LogP contribution in [0.1, 0.15) is 36.3 Å². The monoisotopic (exact) mass is 357 g/mol. The first-order valence-electron chi connectivity index (χ1n) is 8.73. The number of ether oxygens (including phenoxy) is 1. The zero-order chi connectivity index (χ0) is 18.5. The number of carbonyl (C=O) groups is 2. The summed E-state index contributed by atoms with van der Waals surface area (Å²) in [6.45, 7) is 5.75. The van der Waals surface area contributed by atoms with Crippen molar-refractivity contribution in [2.75, 3.05) is 13.1 Å². The molecule has 2 amide bonds. The van der Waals surface area contributed by atoms with Gasteiger partial charge in [-0.05, 0) is 13.0 Å². The van der Waals surface area contributed by atoms with E-state index >= 15 is 0 Å². The summed E-state index contributed by atoms with van der Waals surface area (Å²) >= 11 is 0. The minimum Gasteiger partial charge on any atom is -0.488 e. The molecule has 0 spiro atoms. The summed E-state index contributed by atoms with van der Waals surface area (Å²) in [5, 5.41) is 6.87. The maximum absolute atomic E-state index is 12.5. The molecule has 1 fully saturated rings. The quantitative estimate of drug-likeness (QED) is 0.840. The summed E-state index contributed by atoms with van der Waals surface area (Å²) < 4.78 is 7.74. The van der Waals surface area contributed by atoms with Gasteiger partial charge in [0.15, 0.2) is 0 Å². The van der Waals surface area contributed by atoms with Crippen molar-refractivity contribution in [1.29, 1.82) is 0 Å². The van der Waals surface area contributed by atoms with E-state index < -0.39 is 0 Å². The second-order valence-corrected chi connectivity index (χ2v) is 6.26. The summed E-state index contributed by atoms with van der Waals surface area (Å²) in [4.78, 5) is 29.6. The number of amides is 2. The maximum atomic E-state index is 12.5. The zero-order valence-electron chi connectivity index (χ0n) is 15.0. The van der Waals surface area contributed by atoms with Crippen LogP contribution in [0.2, 0.25) is 0 Å². The molecule has 0 aromatic carbocycles. The number of hydrogen-bond donors (Lipinski definition) is 1. The van der Waals surface area contributed by atoms with E-state index in [2.05, 4.69) is 15.4 Å². The highest BCUT2D eigenvalue weighted by atomic mass is 16.5. The molecule has 0 saturated carbocycles. The average molecular weight is 357 g/mol. The van der Waals surface area contributed by atoms with Crippen LogP contribution in [0.25, 0.3) is 0 Å². The summed E-state index contributed by atoms with van der Waals surface area (Å²) in [5.41, 5.74) is 1.34. The van der Waals surface area contributed by atoms with E-state index in [1.807, 2.05) is 13.0 Å². The van der Waals surface area contributed by atoms with E-state index in [1.54, 1.807) is 34.2 Å². The van der Waals surface area contributed by atoms with Crippen LogP contribution in [0, 0.1) is 0 Å². The standard InChI is InChI=1S/C18H23N5O3/c1-3-23-11-14(9-21-23)18(25)22-7-5-17(12-22)26-16-4-6-19-15(8-16)10-20-13(2)24/h4,6,8-9,11,17H,3,5,7,10,12H2,1-2H3,(H,20,24). The summed E-state index contributed by atoms with van der Waals surface area (Å²) in [7, 11) is 0. The lowest BCUT2D eigenvalue weighted by Gasteiger charge is -2.17. The van der Waals surface area contributed by atoms with Gasteiger partial charge in [-0.3, -0.25) is 19.3 Å². The Hall–Kier alpha value is -2.90. The van der Waals surface area contributed by atoms with Crippen molar-refractivity contribution in [3.8, 4) is 5.75 Å². The molecule has 0 bridgehead atoms. The van der Waals surface area contributed by atoms with Crippen LogP contribution in [-0.2, 0) is 17.9 Å². The number of hydrogen-bond acceptors (Lipinski definition) is 5. The molecule has 2 aromatic heterocycles. The average Bonchev–Trinajstić information content (AvgIpc) is 3.29. The van der Waals surface area contributed by atoms with Crippen LogP contribution in [0.4, 0.5) is 0 Å². The Morgan fingerprint density at radius 2 is 2.27 bits per heavy atom. The first-order valence-corrected chi connectivity index (χ1v) is 8.73. The molecule has 1 saturated heterocycles. The smallest absolute Gasteiger partial charge is 0.257 e. The number of likely N-dealkylation sites (tertiary alicyclic amines) is 1. The Balaban J connectivity index is 1.56. The maximum Gasteiger partial charge on any atom is 0.257 e. The lowest BCUT2D eigenvalue weighted by atomic mass is 10.3. The van der Waals surface area contributed by atoms with Gasteiger partial charge < -0.3 is 15.0 Å². The van der Waals surface area contributed by atoms with Gasteiger partial charge >= 0.3 is 0 Å². The third-order valence-corrected chi connectivity index (χ3v) is 4.25. The SMILES string of the molecule is CCn1cc(C(=O)N2CCC(Oc3ccnc(CNC(C)=O)c3)C2)cn1. The topological polar surface area (TPSA) is 89.4 Å². The number of pyridine rings is 1. The predicted molar refractivity (Wildman–Crippen MR) is 94.6 cm³/mol. The van der Waals surface area contributed by atoms with Gasteiger partial charge in [-0.2, -0.15) is 5.10 Å². The van der Waals surface area contributed by atoms with Gasteiger partial charge in [-0.1, -0.05) is 0 Å². The molecule has 3 heterocycles. The van der Waals surface area contributed by atoms with Crippen LogP contribution in [0.3, 0.4) is 0 Å². The number of aromatic nitrogens is 3. The fourth-order valence-corrected chi connectivity index (χ4v) is 2.87. The molecule has 1 aliphatic heterocycles. The minimum absolute atomic E-state index is 0.0168. The summed E-state index contributed by atoms with van der Waals surface area (Å²) in [5.74, 6) is 0.574. The molecule has 1 aliphatic rings. The molecule has 8 nitrogen and oxygen atoms in total. The number of nitrogens with one attached hydrogen (secondary N) is 1. The van der Waals surface area contributed by atoms with E-state index in [0.29, 0.717) is 30.9 Å². The molecule has 8 heteroatoms. The number of aryl methyl sites for hydroxylation is 1. The summed E-state index contributed by atoms with van der Waals surface area (Å²) in [6, 6.07) is 3.60. The Kier molecular flexibility index (Phi) is 5.50. The Bertz CT molecular complexity index is 789. The molecule has 3 rings (SSSR count). The van der Waals surface area contributed by atoms with Gasteiger partial charge in [-0.15, -0.1) is 0 Å². The van der Waals surface area contributed by atoms with E-state index in [-0.39, 0.29) is 17.9 Å². The van der Waals surface area contributed by atoms with Crippen molar-refractivity contribution in [3.63, 3.8) is 0 Å². The van der Waals surface area contributed by atoms with Crippen LogP contribution >= 0.6 is 0 Å². The lowest BCUT2D eigenvalue weighted by molar-refractivity contribution is -0.119. The molecular weight excluding hydrogens is 334 g/mol. The van der Waals surface area contributed by atoms with Crippen molar-refractivity contribution in [2.45, 2.75) is 39.5 Å². The Morgan fingerprint density at radius 3 is 3.00 bits per heavy atom. The van der Waals surface area contributed by atoms with Crippen LogP contribution in [0.5, 0.6) is 5.75 Å². The first-order chi connectivity index (χ1) is 12.5. The normalized spacial score (nSPS) is 16.5. The Labute approximate surface area is 152 Å². The van der Waals surface area contributed by atoms with E-state index in [1.165, 1.54) is 6.92 Å². The summed E-state index contributed by atoms with van der Waals surface area (Å²) in [6.07, 6.45) is 5.75. The van der Waals surface area contributed by atoms with E-state index in [9.17, 15) is 9.59 Å². The van der Waals surface area contributed by atoms with Gasteiger partial charge in [0, 0.05) is 44.9 Å². The molecule has 1 N–H and O–H groups in total. The fraction of sp³-hybridized carbons (Fsp3) is 0.444. The zero-order valence-corrected chi connectivity index (χ0v) is 15.0. The van der Waals surface area contributed by atoms with Gasteiger partial charge in [-0.25, -0.2) is 0 Å². The molecule has 0 aliphatic carbocycles. The van der Waals surface area contributed by atoms with Crippen molar-refractivity contribution >= 4 is 11.8 Å². The molecule has 1 unspecified atom stereocenters. The fourth-order valence-electron chi connectivity index (χ4n) is 2.87. The highest BCUT2D eigenvalue weighted by Gasteiger charge is 2.29. The van der Waals surface area contributed by atoms with Gasteiger partial charge in [0.2, 0.25) is 5.91 Å². The van der Waals surface area contributed by atoms with E-state index in [4.69, 9.17) is 4.74 Å². The molecule has 1 atom stereocenters. The van der Waals surface area contributed by atoms with E-state index in [0.717, 1.165) is 18.7 Å². The number of rotatable bonds is 6. The van der Waals surface area contributed by atoms with Crippen molar-refractivity contribution < 1.29 is 14.3 Å². The van der Waals surface area contributed by atoms with Crippen molar-refractivity contribution in [3.05, 3.63) is 42.0 Å².